The highest BCUT2D eigenvalue weighted by atomic mass is 16.5. The number of hydrogen-bond donors (Lipinski definition) is 1. The lowest BCUT2D eigenvalue weighted by Crippen LogP contribution is -2.34. The van der Waals surface area contributed by atoms with Crippen LogP contribution in [0.3, 0.4) is 0 Å². The smallest absolute Gasteiger partial charge is 0.220 e. The normalized spacial score (nSPS) is 17.3. The molecule has 5 heteroatoms. The largest absolute Gasteiger partial charge is 0.497 e. The van der Waals surface area contributed by atoms with Gasteiger partial charge in [-0.25, -0.2) is 0 Å². The number of hydrogen-bond acceptors (Lipinski definition) is 4. The van der Waals surface area contributed by atoms with Crippen LogP contribution in [0.1, 0.15) is 51.1 Å². The van der Waals surface area contributed by atoms with Crippen molar-refractivity contribution in [1.29, 1.82) is 0 Å². The quantitative estimate of drug-likeness (QED) is 0.593. The highest BCUT2D eigenvalue weighted by Gasteiger charge is 2.17. The summed E-state index contributed by atoms with van der Waals surface area (Å²) in [7, 11) is 1.64. The van der Waals surface area contributed by atoms with Gasteiger partial charge in [0.05, 0.1) is 19.8 Å². The maximum Gasteiger partial charge on any atom is 0.220 e. The molecule has 1 heterocycles. The zero-order valence-corrected chi connectivity index (χ0v) is 18.4. The topological polar surface area (TPSA) is 50.8 Å². The lowest BCUT2D eigenvalue weighted by molar-refractivity contribution is -0.121. The highest BCUT2D eigenvalue weighted by molar-refractivity contribution is 5.76. The molecule has 1 amide bonds. The van der Waals surface area contributed by atoms with Crippen molar-refractivity contribution in [1.82, 2.24) is 5.32 Å². The Kier molecular flexibility index (Phi) is 8.00. The number of rotatable bonds is 9. The summed E-state index contributed by atoms with van der Waals surface area (Å²) in [5.41, 5.74) is 2.41. The van der Waals surface area contributed by atoms with E-state index >= 15 is 0 Å². The molecule has 2 aromatic rings. The molecule has 0 bridgehead atoms. The Hall–Kier alpha value is -2.69. The molecule has 1 N–H and O–H groups in total. The fourth-order valence-electron chi connectivity index (χ4n) is 3.89. The molecule has 3 rings (SSSR count). The number of anilines is 1. The molecule has 1 aliphatic rings. The molecule has 1 aliphatic heterocycles. The van der Waals surface area contributed by atoms with Gasteiger partial charge in [-0.15, -0.1) is 0 Å². The van der Waals surface area contributed by atoms with Gasteiger partial charge in [0.25, 0.3) is 0 Å². The van der Waals surface area contributed by atoms with Crippen LogP contribution in [0.15, 0.2) is 48.5 Å². The van der Waals surface area contributed by atoms with Crippen molar-refractivity contribution in [2.24, 2.45) is 5.92 Å². The molecule has 30 heavy (non-hydrogen) atoms. The van der Waals surface area contributed by atoms with Crippen LogP contribution in [-0.4, -0.2) is 32.7 Å². The zero-order valence-electron chi connectivity index (χ0n) is 18.4. The molecular formula is C25H34N2O3. The molecule has 2 atom stereocenters. The van der Waals surface area contributed by atoms with E-state index < -0.39 is 0 Å². The molecule has 0 radical (unpaired) electrons. The van der Waals surface area contributed by atoms with Crippen molar-refractivity contribution in [3.8, 4) is 11.5 Å². The maximum absolute atomic E-state index is 12.3. The van der Waals surface area contributed by atoms with Gasteiger partial charge in [0.2, 0.25) is 5.91 Å². The summed E-state index contributed by atoms with van der Waals surface area (Å²) in [5.74, 6) is 2.39. The number of piperidine rings is 1. The van der Waals surface area contributed by atoms with E-state index in [1.54, 1.807) is 7.11 Å². The first-order chi connectivity index (χ1) is 14.5. The molecule has 1 fully saturated rings. The van der Waals surface area contributed by atoms with Gasteiger partial charge >= 0.3 is 0 Å². The van der Waals surface area contributed by atoms with Crippen molar-refractivity contribution in [3.05, 3.63) is 54.1 Å². The van der Waals surface area contributed by atoms with Gasteiger partial charge in [-0.2, -0.15) is 0 Å². The van der Waals surface area contributed by atoms with Crippen LogP contribution in [0.25, 0.3) is 0 Å². The molecule has 0 aromatic heterocycles. The number of methoxy groups -OCH3 is 1. The lowest BCUT2D eigenvalue weighted by atomic mass is 9.99. The van der Waals surface area contributed by atoms with Gasteiger partial charge in [-0.05, 0) is 74.1 Å². The van der Waals surface area contributed by atoms with Crippen LogP contribution in [0.5, 0.6) is 11.5 Å². The van der Waals surface area contributed by atoms with E-state index in [0.717, 1.165) is 36.1 Å². The number of benzene rings is 2. The van der Waals surface area contributed by atoms with Gasteiger partial charge in [0.15, 0.2) is 0 Å². The third-order valence-corrected chi connectivity index (χ3v) is 5.67. The highest BCUT2D eigenvalue weighted by Crippen LogP contribution is 2.24. The third-order valence-electron chi connectivity index (χ3n) is 5.67. The predicted octanol–water partition coefficient (Wildman–Crippen LogP) is 4.97. The summed E-state index contributed by atoms with van der Waals surface area (Å²) in [5, 5.41) is 3.09. The van der Waals surface area contributed by atoms with Gasteiger partial charge in [0.1, 0.15) is 11.5 Å². The van der Waals surface area contributed by atoms with Crippen LogP contribution < -0.4 is 19.7 Å². The van der Waals surface area contributed by atoms with E-state index in [9.17, 15) is 4.79 Å². The van der Waals surface area contributed by atoms with E-state index in [1.807, 2.05) is 31.2 Å². The number of ether oxygens (including phenoxy) is 2. The van der Waals surface area contributed by atoms with Crippen molar-refractivity contribution in [3.63, 3.8) is 0 Å². The van der Waals surface area contributed by atoms with Gasteiger partial charge in [0, 0.05) is 25.2 Å². The summed E-state index contributed by atoms with van der Waals surface area (Å²) in [4.78, 5) is 14.7. The number of carbonyl (C=O) groups excluding carboxylic acids is 1. The standard InChI is InChI=1S/C25H34N2O3/c1-19-6-4-16-27(18-19)22-10-8-21(9-11-22)20(2)26-25(28)7-5-17-30-24-14-12-23(29-3)13-15-24/h8-15,19-20H,4-7,16-18H2,1-3H3,(H,26,28)/t19-,20-/m0/s1. The summed E-state index contributed by atoms with van der Waals surface area (Å²) < 4.78 is 10.8. The number of carbonyl (C=O) groups is 1. The Balaban J connectivity index is 1.39. The maximum atomic E-state index is 12.3. The number of amides is 1. The molecule has 0 aliphatic carbocycles. The Labute approximate surface area is 180 Å². The third kappa shape index (κ3) is 6.41. The first kappa shape index (κ1) is 22.0. The van der Waals surface area contributed by atoms with Crippen LogP contribution >= 0.6 is 0 Å². The fourth-order valence-corrected chi connectivity index (χ4v) is 3.89. The number of nitrogens with one attached hydrogen (secondary N) is 1. The first-order valence-corrected chi connectivity index (χ1v) is 11.0. The van der Waals surface area contributed by atoms with E-state index in [2.05, 4.69) is 41.4 Å². The predicted molar refractivity (Wildman–Crippen MR) is 121 cm³/mol. The molecule has 162 valence electrons. The van der Waals surface area contributed by atoms with Crippen molar-refractivity contribution < 1.29 is 14.3 Å². The van der Waals surface area contributed by atoms with Gasteiger partial charge in [-0.3, -0.25) is 4.79 Å². The monoisotopic (exact) mass is 410 g/mol. The molecule has 2 aromatic carbocycles. The van der Waals surface area contributed by atoms with E-state index in [0.29, 0.717) is 19.4 Å². The average Bonchev–Trinajstić information content (AvgIpc) is 2.77. The molecule has 0 unspecified atom stereocenters. The minimum atomic E-state index is -0.00524. The summed E-state index contributed by atoms with van der Waals surface area (Å²) in [6.45, 7) is 7.12. The Morgan fingerprint density at radius 2 is 1.83 bits per heavy atom. The van der Waals surface area contributed by atoms with Crippen molar-refractivity contribution >= 4 is 11.6 Å². The van der Waals surface area contributed by atoms with Crippen LogP contribution in [0.2, 0.25) is 0 Å². The zero-order chi connectivity index (χ0) is 21.3. The van der Waals surface area contributed by atoms with E-state index in [4.69, 9.17) is 9.47 Å². The van der Waals surface area contributed by atoms with Crippen molar-refractivity contribution in [2.45, 2.75) is 45.6 Å². The average molecular weight is 411 g/mol. The lowest BCUT2D eigenvalue weighted by Gasteiger charge is -2.33. The Morgan fingerprint density at radius 1 is 1.13 bits per heavy atom. The second kappa shape index (κ2) is 10.9. The van der Waals surface area contributed by atoms with E-state index in [1.165, 1.54) is 18.5 Å². The van der Waals surface area contributed by atoms with E-state index in [-0.39, 0.29) is 11.9 Å². The van der Waals surface area contributed by atoms with Crippen LogP contribution in [-0.2, 0) is 4.79 Å². The second-order valence-corrected chi connectivity index (χ2v) is 8.20. The summed E-state index contributed by atoms with van der Waals surface area (Å²) in [6, 6.07) is 16.1. The molecule has 0 saturated carbocycles. The molecule has 1 saturated heterocycles. The van der Waals surface area contributed by atoms with Crippen LogP contribution in [0.4, 0.5) is 5.69 Å². The molecule has 0 spiro atoms. The Bertz CT molecular complexity index is 789. The SMILES string of the molecule is COc1ccc(OCCCC(=O)N[C@@H](C)c2ccc(N3CCC[C@H](C)C3)cc2)cc1. The first-order valence-electron chi connectivity index (χ1n) is 11.0. The van der Waals surface area contributed by atoms with Crippen LogP contribution in [0, 0.1) is 5.92 Å². The Morgan fingerprint density at radius 3 is 2.50 bits per heavy atom. The summed E-state index contributed by atoms with van der Waals surface area (Å²) >= 11 is 0. The molecular weight excluding hydrogens is 376 g/mol. The van der Waals surface area contributed by atoms with Crippen molar-refractivity contribution in [2.75, 3.05) is 31.7 Å². The van der Waals surface area contributed by atoms with Gasteiger partial charge < -0.3 is 19.7 Å². The minimum absolute atomic E-state index is 0.00524. The van der Waals surface area contributed by atoms with Gasteiger partial charge in [-0.1, -0.05) is 19.1 Å². The second-order valence-electron chi connectivity index (χ2n) is 8.20. The fraction of sp³-hybridized carbons (Fsp3) is 0.480. The minimum Gasteiger partial charge on any atom is -0.497 e. The number of nitrogens with zero attached hydrogens (tertiary/aromatic N) is 1. The summed E-state index contributed by atoms with van der Waals surface area (Å²) in [6.07, 6.45) is 3.71. The molecule has 5 nitrogen and oxygen atoms in total.